The van der Waals surface area contributed by atoms with Crippen LogP contribution in [0.1, 0.15) is 29.7 Å². The molecule has 0 heterocycles. The van der Waals surface area contributed by atoms with E-state index < -0.39 is 6.10 Å². The van der Waals surface area contributed by atoms with E-state index in [4.69, 9.17) is 16.3 Å². The smallest absolute Gasteiger partial charge is 0.125 e. The Morgan fingerprint density at radius 1 is 1.20 bits per heavy atom. The molecular weight excluding hydrogens is 272 g/mol. The molecule has 0 fully saturated rings. The molecule has 2 nitrogen and oxygen atoms in total. The van der Waals surface area contributed by atoms with Crippen molar-refractivity contribution in [3.63, 3.8) is 0 Å². The molecule has 0 aliphatic rings. The Bertz CT molecular complexity index is 581. The maximum absolute atomic E-state index is 10.4. The van der Waals surface area contributed by atoms with Crippen molar-refractivity contribution in [1.29, 1.82) is 0 Å². The average molecular weight is 291 g/mol. The van der Waals surface area contributed by atoms with E-state index in [1.807, 2.05) is 56.3 Å². The van der Waals surface area contributed by atoms with Crippen molar-refractivity contribution in [3.8, 4) is 5.75 Å². The number of ether oxygens (including phenoxy) is 1. The second kappa shape index (κ2) is 6.78. The van der Waals surface area contributed by atoms with Gasteiger partial charge in [-0.3, -0.25) is 0 Å². The van der Waals surface area contributed by atoms with Crippen LogP contribution in [0.3, 0.4) is 0 Å². The van der Waals surface area contributed by atoms with E-state index in [2.05, 4.69) is 0 Å². The first kappa shape index (κ1) is 14.9. The number of halogens is 1. The topological polar surface area (TPSA) is 29.5 Å². The molecule has 0 saturated carbocycles. The molecule has 3 heteroatoms. The van der Waals surface area contributed by atoms with E-state index in [-0.39, 0.29) is 0 Å². The molecule has 20 heavy (non-hydrogen) atoms. The first-order valence-electron chi connectivity index (χ1n) is 6.76. The standard InChI is InChI=1S/C17H19ClO2/c1-3-20-17-7-5-4-6-14(17)16(19)11-13-9-8-12(2)10-15(13)18/h4-10,16,19H,3,11H2,1-2H3. The summed E-state index contributed by atoms with van der Waals surface area (Å²) in [6.45, 7) is 4.51. The van der Waals surface area contributed by atoms with Gasteiger partial charge in [0, 0.05) is 17.0 Å². The van der Waals surface area contributed by atoms with E-state index in [9.17, 15) is 5.11 Å². The van der Waals surface area contributed by atoms with Crippen LogP contribution in [0, 0.1) is 6.92 Å². The maximum atomic E-state index is 10.4. The minimum atomic E-state index is -0.627. The van der Waals surface area contributed by atoms with Crippen LogP contribution in [-0.2, 0) is 6.42 Å². The van der Waals surface area contributed by atoms with Gasteiger partial charge in [0.2, 0.25) is 0 Å². The van der Waals surface area contributed by atoms with Gasteiger partial charge >= 0.3 is 0 Å². The lowest BCUT2D eigenvalue weighted by Crippen LogP contribution is -2.05. The highest BCUT2D eigenvalue weighted by Gasteiger charge is 2.15. The van der Waals surface area contributed by atoms with E-state index in [1.54, 1.807) is 0 Å². The highest BCUT2D eigenvalue weighted by atomic mass is 35.5. The summed E-state index contributed by atoms with van der Waals surface area (Å²) in [5, 5.41) is 11.1. The third-order valence-corrected chi connectivity index (χ3v) is 3.55. The van der Waals surface area contributed by atoms with Gasteiger partial charge in [0.25, 0.3) is 0 Å². The van der Waals surface area contributed by atoms with Crippen LogP contribution in [0.2, 0.25) is 5.02 Å². The van der Waals surface area contributed by atoms with E-state index >= 15 is 0 Å². The molecule has 2 aromatic carbocycles. The summed E-state index contributed by atoms with van der Waals surface area (Å²) in [5.74, 6) is 0.728. The zero-order valence-electron chi connectivity index (χ0n) is 11.8. The maximum Gasteiger partial charge on any atom is 0.125 e. The molecule has 1 atom stereocenters. The van der Waals surface area contributed by atoms with Gasteiger partial charge < -0.3 is 9.84 Å². The number of rotatable bonds is 5. The monoisotopic (exact) mass is 290 g/mol. The summed E-state index contributed by atoms with van der Waals surface area (Å²) in [6.07, 6.45) is -0.151. The SMILES string of the molecule is CCOc1ccccc1C(O)Cc1ccc(C)cc1Cl. The van der Waals surface area contributed by atoms with Crippen molar-refractivity contribution in [1.82, 2.24) is 0 Å². The zero-order chi connectivity index (χ0) is 14.5. The van der Waals surface area contributed by atoms with Gasteiger partial charge in [-0.05, 0) is 37.1 Å². The molecule has 0 aromatic heterocycles. The van der Waals surface area contributed by atoms with Gasteiger partial charge in [0.05, 0.1) is 12.7 Å². The molecule has 0 aliphatic carbocycles. The molecule has 1 N–H and O–H groups in total. The lowest BCUT2D eigenvalue weighted by Gasteiger charge is -2.16. The molecule has 0 amide bonds. The number of benzene rings is 2. The van der Waals surface area contributed by atoms with Crippen LogP contribution >= 0.6 is 11.6 Å². The van der Waals surface area contributed by atoms with E-state index in [0.29, 0.717) is 18.1 Å². The molecule has 0 radical (unpaired) electrons. The average Bonchev–Trinajstić information content (AvgIpc) is 2.43. The number of aliphatic hydroxyl groups is 1. The van der Waals surface area contributed by atoms with Crippen LogP contribution in [0.5, 0.6) is 5.75 Å². The summed E-state index contributed by atoms with van der Waals surface area (Å²) in [7, 11) is 0. The van der Waals surface area contributed by atoms with Gasteiger partial charge in [-0.15, -0.1) is 0 Å². The molecule has 106 valence electrons. The van der Waals surface area contributed by atoms with Crippen LogP contribution < -0.4 is 4.74 Å². The Labute approximate surface area is 125 Å². The molecule has 0 bridgehead atoms. The Hall–Kier alpha value is -1.51. The van der Waals surface area contributed by atoms with Crippen LogP contribution in [0.4, 0.5) is 0 Å². The van der Waals surface area contributed by atoms with Crippen LogP contribution in [0.15, 0.2) is 42.5 Å². The predicted octanol–water partition coefficient (Wildman–Crippen LogP) is 4.32. The predicted molar refractivity (Wildman–Crippen MR) is 82.5 cm³/mol. The third kappa shape index (κ3) is 3.53. The summed E-state index contributed by atoms with van der Waals surface area (Å²) in [6, 6.07) is 13.4. The van der Waals surface area contributed by atoms with Crippen LogP contribution in [0.25, 0.3) is 0 Å². The Balaban J connectivity index is 2.21. The first-order chi connectivity index (χ1) is 9.61. The van der Waals surface area contributed by atoms with Gasteiger partial charge in [-0.25, -0.2) is 0 Å². The molecule has 0 aliphatic heterocycles. The number of para-hydroxylation sites is 1. The van der Waals surface area contributed by atoms with Crippen molar-refractivity contribution in [2.45, 2.75) is 26.4 Å². The van der Waals surface area contributed by atoms with Gasteiger partial charge in [0.15, 0.2) is 0 Å². The van der Waals surface area contributed by atoms with Crippen molar-refractivity contribution < 1.29 is 9.84 Å². The molecule has 0 spiro atoms. The summed E-state index contributed by atoms with van der Waals surface area (Å²) in [5.41, 5.74) is 2.85. The lowest BCUT2D eigenvalue weighted by molar-refractivity contribution is 0.172. The van der Waals surface area contributed by atoms with Crippen molar-refractivity contribution in [3.05, 3.63) is 64.2 Å². The fraction of sp³-hybridized carbons (Fsp3) is 0.294. The second-order valence-corrected chi connectivity index (χ2v) is 5.19. The first-order valence-corrected chi connectivity index (χ1v) is 7.14. The lowest BCUT2D eigenvalue weighted by atomic mass is 10.00. The van der Waals surface area contributed by atoms with Gasteiger partial charge in [0.1, 0.15) is 5.75 Å². The zero-order valence-corrected chi connectivity index (χ0v) is 12.5. The molecule has 2 rings (SSSR count). The van der Waals surface area contributed by atoms with Crippen molar-refractivity contribution >= 4 is 11.6 Å². The molecule has 2 aromatic rings. The van der Waals surface area contributed by atoms with Gasteiger partial charge in [-0.2, -0.15) is 0 Å². The Kier molecular flexibility index (Phi) is 5.05. The third-order valence-electron chi connectivity index (χ3n) is 3.20. The minimum Gasteiger partial charge on any atom is -0.493 e. The Morgan fingerprint density at radius 2 is 1.95 bits per heavy atom. The highest BCUT2D eigenvalue weighted by molar-refractivity contribution is 6.31. The van der Waals surface area contributed by atoms with Crippen molar-refractivity contribution in [2.75, 3.05) is 6.61 Å². The van der Waals surface area contributed by atoms with E-state index in [0.717, 1.165) is 22.4 Å². The quantitative estimate of drug-likeness (QED) is 0.888. The normalized spacial score (nSPS) is 12.2. The summed E-state index contributed by atoms with van der Waals surface area (Å²) in [4.78, 5) is 0. The fourth-order valence-corrected chi connectivity index (χ4v) is 2.49. The fourth-order valence-electron chi connectivity index (χ4n) is 2.18. The number of aliphatic hydroxyl groups excluding tert-OH is 1. The number of hydrogen-bond acceptors (Lipinski definition) is 2. The summed E-state index contributed by atoms with van der Waals surface area (Å²) < 4.78 is 5.55. The van der Waals surface area contributed by atoms with Crippen LogP contribution in [-0.4, -0.2) is 11.7 Å². The molecule has 0 saturated heterocycles. The molecule has 1 unspecified atom stereocenters. The Morgan fingerprint density at radius 3 is 2.65 bits per heavy atom. The minimum absolute atomic E-state index is 0.475. The second-order valence-electron chi connectivity index (χ2n) is 4.79. The van der Waals surface area contributed by atoms with Crippen molar-refractivity contribution in [2.24, 2.45) is 0 Å². The van der Waals surface area contributed by atoms with E-state index in [1.165, 1.54) is 0 Å². The summed E-state index contributed by atoms with van der Waals surface area (Å²) >= 11 is 6.22. The number of hydrogen-bond donors (Lipinski definition) is 1. The highest BCUT2D eigenvalue weighted by Crippen LogP contribution is 2.29. The number of aryl methyl sites for hydroxylation is 1. The largest absolute Gasteiger partial charge is 0.493 e. The molecular formula is C17H19ClO2. The van der Waals surface area contributed by atoms with Gasteiger partial charge in [-0.1, -0.05) is 41.9 Å².